The molecule has 2 amide bonds. The largest absolute Gasteiger partial charge is 0.352 e. The number of nitrogens with zero attached hydrogens (tertiary/aromatic N) is 1. The first-order valence-electron chi connectivity index (χ1n) is 13.4. The van der Waals surface area contributed by atoms with Crippen molar-refractivity contribution in [3.05, 3.63) is 70.8 Å². The molecule has 4 nitrogen and oxygen atoms in total. The summed E-state index contributed by atoms with van der Waals surface area (Å²) in [6.07, 6.45) is 7.34. The highest BCUT2D eigenvalue weighted by atomic mass is 16.2. The van der Waals surface area contributed by atoms with Gasteiger partial charge in [0.2, 0.25) is 11.8 Å². The van der Waals surface area contributed by atoms with E-state index in [9.17, 15) is 9.59 Å². The number of carbonyl (C=O) groups is 2. The van der Waals surface area contributed by atoms with E-state index in [1.54, 1.807) is 0 Å². The molecule has 1 aliphatic carbocycles. The number of benzene rings is 2. The second-order valence-electron chi connectivity index (χ2n) is 11.2. The minimum atomic E-state index is -0.452. The van der Waals surface area contributed by atoms with Crippen molar-refractivity contribution in [2.75, 3.05) is 0 Å². The zero-order valence-electron chi connectivity index (χ0n) is 22.4. The average Bonchev–Trinajstić information content (AvgIpc) is 2.84. The van der Waals surface area contributed by atoms with Crippen molar-refractivity contribution in [2.24, 2.45) is 0 Å². The predicted octanol–water partition coefficient (Wildman–Crippen LogP) is 6.48. The summed E-state index contributed by atoms with van der Waals surface area (Å²) in [7, 11) is 0. The van der Waals surface area contributed by atoms with Crippen molar-refractivity contribution in [1.29, 1.82) is 0 Å². The van der Waals surface area contributed by atoms with Gasteiger partial charge in [-0.05, 0) is 60.3 Å². The Kier molecular flexibility index (Phi) is 9.54. The van der Waals surface area contributed by atoms with Gasteiger partial charge < -0.3 is 10.2 Å². The van der Waals surface area contributed by atoms with Gasteiger partial charge in [0.1, 0.15) is 6.04 Å². The molecule has 0 bridgehead atoms. The van der Waals surface area contributed by atoms with Gasteiger partial charge in [0.15, 0.2) is 0 Å². The lowest BCUT2D eigenvalue weighted by molar-refractivity contribution is -0.141. The maximum Gasteiger partial charge on any atom is 0.243 e. The quantitative estimate of drug-likeness (QED) is 0.450. The van der Waals surface area contributed by atoms with Gasteiger partial charge in [0, 0.05) is 19.0 Å². The number of hydrogen-bond acceptors (Lipinski definition) is 2. The molecule has 1 aliphatic rings. The van der Waals surface area contributed by atoms with Crippen molar-refractivity contribution in [3.8, 4) is 0 Å². The summed E-state index contributed by atoms with van der Waals surface area (Å²) >= 11 is 0. The highest BCUT2D eigenvalue weighted by Crippen LogP contribution is 2.23. The number of nitrogens with one attached hydrogen (secondary N) is 1. The minimum Gasteiger partial charge on any atom is -0.352 e. The molecular formula is C31H44N2O2. The molecule has 0 saturated heterocycles. The molecule has 0 aromatic heterocycles. The molecule has 190 valence electrons. The van der Waals surface area contributed by atoms with Crippen LogP contribution in [-0.2, 0) is 28.0 Å². The van der Waals surface area contributed by atoms with E-state index in [0.29, 0.717) is 25.8 Å². The monoisotopic (exact) mass is 476 g/mol. The lowest BCUT2D eigenvalue weighted by Gasteiger charge is -2.33. The SMILES string of the molecule is CCC(C(=O)NC1CCCCC1)N(Cc1ccccc1C)C(=O)CCc1ccc(C(C)(C)C)cc1. The Balaban J connectivity index is 1.75. The fourth-order valence-corrected chi connectivity index (χ4v) is 5.00. The first-order chi connectivity index (χ1) is 16.7. The molecule has 1 N–H and O–H groups in total. The van der Waals surface area contributed by atoms with Gasteiger partial charge in [-0.15, -0.1) is 0 Å². The van der Waals surface area contributed by atoms with Crippen molar-refractivity contribution >= 4 is 11.8 Å². The van der Waals surface area contributed by atoms with Gasteiger partial charge in [-0.25, -0.2) is 0 Å². The summed E-state index contributed by atoms with van der Waals surface area (Å²) < 4.78 is 0. The smallest absolute Gasteiger partial charge is 0.243 e. The lowest BCUT2D eigenvalue weighted by atomic mass is 9.86. The number of rotatable bonds is 9. The van der Waals surface area contributed by atoms with E-state index in [0.717, 1.165) is 29.5 Å². The molecule has 1 unspecified atom stereocenters. The Morgan fingerprint density at radius 2 is 1.66 bits per heavy atom. The highest BCUT2D eigenvalue weighted by Gasteiger charge is 2.30. The maximum absolute atomic E-state index is 13.6. The predicted molar refractivity (Wildman–Crippen MR) is 144 cm³/mol. The van der Waals surface area contributed by atoms with Crippen molar-refractivity contribution in [1.82, 2.24) is 10.2 Å². The van der Waals surface area contributed by atoms with Crippen LogP contribution in [0.2, 0.25) is 0 Å². The number of aryl methyl sites for hydroxylation is 2. The van der Waals surface area contributed by atoms with Gasteiger partial charge in [-0.2, -0.15) is 0 Å². The fourth-order valence-electron chi connectivity index (χ4n) is 5.00. The molecule has 3 rings (SSSR count). The van der Waals surface area contributed by atoms with Gasteiger partial charge in [-0.3, -0.25) is 9.59 Å². The first kappa shape index (κ1) is 27.0. The van der Waals surface area contributed by atoms with Crippen LogP contribution in [0, 0.1) is 6.92 Å². The summed E-state index contributed by atoms with van der Waals surface area (Å²) in [5.41, 5.74) is 4.80. The number of carbonyl (C=O) groups excluding carboxylic acids is 2. The standard InChI is InChI=1S/C31H44N2O2/c1-6-28(30(35)32-27-14-8-7-9-15-27)33(22-25-13-11-10-12-23(25)2)29(34)21-18-24-16-19-26(20-17-24)31(3,4)5/h10-13,16-17,19-20,27-28H,6-9,14-15,18,21-22H2,1-5H3,(H,32,35). The molecular weight excluding hydrogens is 432 g/mol. The van der Waals surface area contributed by atoms with Crippen LogP contribution in [0.15, 0.2) is 48.5 Å². The summed E-state index contributed by atoms with van der Waals surface area (Å²) in [5.74, 6) is 0.0367. The lowest BCUT2D eigenvalue weighted by Crippen LogP contribution is -2.51. The topological polar surface area (TPSA) is 49.4 Å². The van der Waals surface area contributed by atoms with Crippen LogP contribution >= 0.6 is 0 Å². The third-order valence-corrected chi connectivity index (χ3v) is 7.39. The second-order valence-corrected chi connectivity index (χ2v) is 11.2. The summed E-state index contributed by atoms with van der Waals surface area (Å²) in [6.45, 7) is 11.2. The highest BCUT2D eigenvalue weighted by molar-refractivity contribution is 5.88. The Hall–Kier alpha value is -2.62. The molecule has 0 spiro atoms. The van der Waals surface area contributed by atoms with Gasteiger partial charge >= 0.3 is 0 Å². The van der Waals surface area contributed by atoms with Crippen molar-refractivity contribution < 1.29 is 9.59 Å². The molecule has 2 aromatic rings. The molecule has 0 radical (unpaired) electrons. The van der Waals surface area contributed by atoms with Crippen molar-refractivity contribution in [2.45, 2.75) is 110 Å². The second kappa shape index (κ2) is 12.4. The zero-order valence-corrected chi connectivity index (χ0v) is 22.4. The van der Waals surface area contributed by atoms with Gasteiger partial charge in [0.05, 0.1) is 0 Å². The van der Waals surface area contributed by atoms with Crippen LogP contribution in [0.25, 0.3) is 0 Å². The van der Waals surface area contributed by atoms with Gasteiger partial charge in [-0.1, -0.05) is 95.5 Å². The van der Waals surface area contributed by atoms with E-state index in [-0.39, 0.29) is 23.3 Å². The van der Waals surface area contributed by atoms with Crippen LogP contribution in [0.5, 0.6) is 0 Å². The minimum absolute atomic E-state index is 0.00383. The molecule has 0 heterocycles. The van der Waals surface area contributed by atoms with Crippen LogP contribution in [0.4, 0.5) is 0 Å². The van der Waals surface area contributed by atoms with Crippen molar-refractivity contribution in [3.63, 3.8) is 0 Å². The van der Waals surface area contributed by atoms with E-state index in [1.807, 2.05) is 24.0 Å². The van der Waals surface area contributed by atoms with E-state index < -0.39 is 6.04 Å². The Bertz CT molecular complexity index is 968. The molecule has 1 fully saturated rings. The summed E-state index contributed by atoms with van der Waals surface area (Å²) in [4.78, 5) is 28.8. The maximum atomic E-state index is 13.6. The fraction of sp³-hybridized carbons (Fsp3) is 0.548. The summed E-state index contributed by atoms with van der Waals surface area (Å²) in [5, 5.41) is 3.27. The van der Waals surface area contributed by atoms with Crippen LogP contribution < -0.4 is 5.32 Å². The van der Waals surface area contributed by atoms with E-state index in [2.05, 4.69) is 69.4 Å². The van der Waals surface area contributed by atoms with E-state index >= 15 is 0 Å². The number of amides is 2. The average molecular weight is 477 g/mol. The molecule has 1 saturated carbocycles. The Labute approximate surface area is 212 Å². The molecule has 35 heavy (non-hydrogen) atoms. The number of hydrogen-bond donors (Lipinski definition) is 1. The van der Waals surface area contributed by atoms with Crippen LogP contribution in [0.3, 0.4) is 0 Å². The summed E-state index contributed by atoms with van der Waals surface area (Å²) in [6, 6.07) is 16.5. The molecule has 1 atom stereocenters. The third-order valence-electron chi connectivity index (χ3n) is 7.39. The first-order valence-corrected chi connectivity index (χ1v) is 13.4. The van der Waals surface area contributed by atoms with E-state index in [4.69, 9.17) is 0 Å². The van der Waals surface area contributed by atoms with Crippen LogP contribution in [0.1, 0.15) is 94.9 Å². The molecule has 2 aromatic carbocycles. The van der Waals surface area contributed by atoms with E-state index in [1.165, 1.54) is 24.8 Å². The zero-order chi connectivity index (χ0) is 25.4. The third kappa shape index (κ3) is 7.68. The van der Waals surface area contributed by atoms with Gasteiger partial charge in [0.25, 0.3) is 0 Å². The normalized spacial score (nSPS) is 15.5. The Morgan fingerprint density at radius 3 is 2.26 bits per heavy atom. The Morgan fingerprint density at radius 1 is 1.00 bits per heavy atom. The molecule has 0 aliphatic heterocycles. The van der Waals surface area contributed by atoms with Crippen LogP contribution in [-0.4, -0.2) is 28.8 Å². The molecule has 4 heteroatoms.